The summed E-state index contributed by atoms with van der Waals surface area (Å²) in [6.07, 6.45) is 2.55. The highest BCUT2D eigenvalue weighted by Gasteiger charge is 2.35. The number of amides is 1. The van der Waals surface area contributed by atoms with Crippen LogP contribution < -0.4 is 0 Å². The van der Waals surface area contributed by atoms with Crippen molar-refractivity contribution in [3.05, 3.63) is 64.7 Å². The Balaban J connectivity index is 1.62. The molecule has 3 aromatic rings. The molecule has 0 aliphatic carbocycles. The third-order valence-corrected chi connectivity index (χ3v) is 6.04. The number of thiazole rings is 1. The van der Waals surface area contributed by atoms with E-state index in [2.05, 4.69) is 42.5 Å². The molecule has 0 radical (unpaired) electrons. The molecule has 2 heterocycles. The predicted octanol–water partition coefficient (Wildman–Crippen LogP) is 5.96. The summed E-state index contributed by atoms with van der Waals surface area (Å²) in [6.45, 7) is 6.45. The Morgan fingerprint density at radius 1 is 1.18 bits per heavy atom. The van der Waals surface area contributed by atoms with Crippen LogP contribution in [-0.4, -0.2) is 28.1 Å². The number of aromatic nitrogens is 1. The number of ether oxygens (including phenoxy) is 1. The van der Waals surface area contributed by atoms with Crippen molar-refractivity contribution in [2.24, 2.45) is 0 Å². The van der Waals surface area contributed by atoms with Gasteiger partial charge in [-0.05, 0) is 57.2 Å². The third-order valence-electron chi connectivity index (χ3n) is 4.92. The summed E-state index contributed by atoms with van der Waals surface area (Å²) in [6, 6.07) is 16.9. The Kier molecular flexibility index (Phi) is 5.11. The molecule has 0 unspecified atom stereocenters. The predicted molar refractivity (Wildman–Crippen MR) is 114 cm³/mol. The summed E-state index contributed by atoms with van der Waals surface area (Å²) >= 11 is 1.70. The lowest BCUT2D eigenvalue weighted by molar-refractivity contribution is 0.0224. The van der Waals surface area contributed by atoms with Crippen LogP contribution in [0.25, 0.3) is 10.2 Å². The van der Waals surface area contributed by atoms with Gasteiger partial charge in [0.15, 0.2) is 0 Å². The minimum atomic E-state index is -0.485. The fourth-order valence-corrected chi connectivity index (χ4v) is 4.85. The molecule has 0 spiro atoms. The van der Waals surface area contributed by atoms with E-state index < -0.39 is 5.60 Å². The highest BCUT2D eigenvalue weighted by Crippen LogP contribution is 2.38. The Morgan fingerprint density at radius 3 is 2.71 bits per heavy atom. The standard InChI is InChI=1S/C23H26N2O2S/c1-23(2,3)27-22(26)25-14-8-12-18(25)21-24-20-17(11-7-13-19(20)28-21)15-16-9-5-4-6-10-16/h4-7,9-11,13,18H,8,12,14-15H2,1-3H3/t18-/m0/s1. The number of rotatable bonds is 3. The molecule has 0 N–H and O–H groups in total. The second-order valence-corrected chi connectivity index (χ2v) is 9.37. The second kappa shape index (κ2) is 7.55. The average molecular weight is 395 g/mol. The van der Waals surface area contributed by atoms with E-state index in [9.17, 15) is 4.79 Å². The molecular weight excluding hydrogens is 368 g/mol. The molecule has 5 heteroatoms. The van der Waals surface area contributed by atoms with Gasteiger partial charge in [0.2, 0.25) is 0 Å². The fourth-order valence-electron chi connectivity index (χ4n) is 3.69. The molecule has 0 saturated carbocycles. The number of hydrogen-bond donors (Lipinski definition) is 0. The van der Waals surface area contributed by atoms with Crippen molar-refractivity contribution in [3.8, 4) is 0 Å². The molecule has 2 aromatic carbocycles. The minimum Gasteiger partial charge on any atom is -0.444 e. The first-order chi connectivity index (χ1) is 13.4. The van der Waals surface area contributed by atoms with E-state index in [0.717, 1.165) is 36.3 Å². The van der Waals surface area contributed by atoms with Crippen LogP contribution in [0.5, 0.6) is 0 Å². The van der Waals surface area contributed by atoms with Crippen LogP contribution in [0.1, 0.15) is 55.8 Å². The smallest absolute Gasteiger partial charge is 0.410 e. The zero-order valence-corrected chi connectivity index (χ0v) is 17.5. The van der Waals surface area contributed by atoms with Crippen LogP contribution in [0, 0.1) is 0 Å². The molecule has 1 aliphatic rings. The van der Waals surface area contributed by atoms with E-state index in [1.54, 1.807) is 11.3 Å². The average Bonchev–Trinajstić information content (AvgIpc) is 3.28. The van der Waals surface area contributed by atoms with E-state index in [4.69, 9.17) is 9.72 Å². The molecule has 28 heavy (non-hydrogen) atoms. The first kappa shape index (κ1) is 18.9. The van der Waals surface area contributed by atoms with E-state index in [0.29, 0.717) is 0 Å². The Bertz CT molecular complexity index is 975. The van der Waals surface area contributed by atoms with E-state index in [-0.39, 0.29) is 12.1 Å². The summed E-state index contributed by atoms with van der Waals surface area (Å²) in [7, 11) is 0. The zero-order chi connectivity index (χ0) is 19.7. The summed E-state index contributed by atoms with van der Waals surface area (Å²) in [5, 5.41) is 1.01. The highest BCUT2D eigenvalue weighted by atomic mass is 32.1. The van der Waals surface area contributed by atoms with Crippen LogP contribution in [-0.2, 0) is 11.2 Å². The van der Waals surface area contributed by atoms with Crippen LogP contribution in [0.4, 0.5) is 4.79 Å². The van der Waals surface area contributed by atoms with Crippen molar-refractivity contribution in [2.75, 3.05) is 6.54 Å². The Hall–Kier alpha value is -2.40. The molecular formula is C23H26N2O2S. The lowest BCUT2D eigenvalue weighted by Crippen LogP contribution is -2.36. The largest absolute Gasteiger partial charge is 0.444 e. The molecule has 1 aliphatic heterocycles. The van der Waals surface area contributed by atoms with Crippen molar-refractivity contribution in [3.63, 3.8) is 0 Å². The van der Waals surface area contributed by atoms with Gasteiger partial charge in [-0.2, -0.15) is 0 Å². The molecule has 0 bridgehead atoms. The number of carbonyl (C=O) groups excluding carboxylic acids is 1. The minimum absolute atomic E-state index is 0.0109. The number of para-hydroxylation sites is 1. The second-order valence-electron chi connectivity index (χ2n) is 8.31. The maximum Gasteiger partial charge on any atom is 0.410 e. The SMILES string of the molecule is CC(C)(C)OC(=O)N1CCC[C@H]1c1nc2c(Cc3ccccc3)cccc2s1. The number of benzene rings is 2. The number of hydrogen-bond acceptors (Lipinski definition) is 4. The molecule has 1 aromatic heterocycles. The van der Waals surface area contributed by atoms with Crippen molar-refractivity contribution in [1.82, 2.24) is 9.88 Å². The summed E-state index contributed by atoms with van der Waals surface area (Å²) < 4.78 is 6.79. The normalized spacial score (nSPS) is 17.2. The maximum absolute atomic E-state index is 12.6. The lowest BCUT2D eigenvalue weighted by atomic mass is 10.0. The number of carbonyl (C=O) groups is 1. The van der Waals surface area contributed by atoms with Gasteiger partial charge in [0, 0.05) is 6.54 Å². The van der Waals surface area contributed by atoms with Crippen molar-refractivity contribution in [2.45, 2.75) is 51.7 Å². The Labute approximate surface area is 170 Å². The van der Waals surface area contributed by atoms with Gasteiger partial charge >= 0.3 is 6.09 Å². The number of fused-ring (bicyclic) bond motifs is 1. The van der Waals surface area contributed by atoms with Gasteiger partial charge in [-0.25, -0.2) is 9.78 Å². The molecule has 4 rings (SSSR count). The summed E-state index contributed by atoms with van der Waals surface area (Å²) in [4.78, 5) is 19.5. The topological polar surface area (TPSA) is 42.4 Å². The molecule has 1 fully saturated rings. The fraction of sp³-hybridized carbons (Fsp3) is 0.391. The number of likely N-dealkylation sites (tertiary alicyclic amines) is 1. The van der Waals surface area contributed by atoms with E-state index >= 15 is 0 Å². The van der Waals surface area contributed by atoms with Crippen molar-refractivity contribution in [1.29, 1.82) is 0 Å². The molecule has 4 nitrogen and oxygen atoms in total. The lowest BCUT2D eigenvalue weighted by Gasteiger charge is -2.27. The van der Waals surface area contributed by atoms with Gasteiger partial charge in [0.1, 0.15) is 10.6 Å². The molecule has 146 valence electrons. The monoisotopic (exact) mass is 394 g/mol. The van der Waals surface area contributed by atoms with Crippen LogP contribution in [0.15, 0.2) is 48.5 Å². The van der Waals surface area contributed by atoms with E-state index in [1.807, 2.05) is 31.7 Å². The van der Waals surface area contributed by atoms with E-state index in [1.165, 1.54) is 15.8 Å². The van der Waals surface area contributed by atoms with Crippen LogP contribution in [0.2, 0.25) is 0 Å². The first-order valence-corrected chi connectivity index (χ1v) is 10.6. The number of nitrogens with zero attached hydrogens (tertiary/aromatic N) is 2. The van der Waals surface area contributed by atoms with Gasteiger partial charge in [0.05, 0.1) is 16.3 Å². The quantitative estimate of drug-likeness (QED) is 0.550. The molecule has 1 atom stereocenters. The van der Waals surface area contributed by atoms with Gasteiger partial charge < -0.3 is 4.74 Å². The maximum atomic E-state index is 12.6. The summed E-state index contributed by atoms with van der Waals surface area (Å²) in [5.74, 6) is 0. The van der Waals surface area contributed by atoms with Gasteiger partial charge in [-0.3, -0.25) is 4.90 Å². The van der Waals surface area contributed by atoms with Gasteiger partial charge in [-0.1, -0.05) is 42.5 Å². The first-order valence-electron chi connectivity index (χ1n) is 9.82. The third kappa shape index (κ3) is 4.04. The van der Waals surface area contributed by atoms with Gasteiger partial charge in [0.25, 0.3) is 0 Å². The van der Waals surface area contributed by atoms with Crippen molar-refractivity contribution >= 4 is 27.6 Å². The van der Waals surface area contributed by atoms with Crippen LogP contribution >= 0.6 is 11.3 Å². The Morgan fingerprint density at radius 2 is 1.96 bits per heavy atom. The molecule has 1 amide bonds. The molecule has 1 saturated heterocycles. The van der Waals surface area contributed by atoms with Crippen molar-refractivity contribution < 1.29 is 9.53 Å². The summed E-state index contributed by atoms with van der Waals surface area (Å²) in [5.41, 5.74) is 3.08. The zero-order valence-electron chi connectivity index (χ0n) is 16.6. The highest BCUT2D eigenvalue weighted by molar-refractivity contribution is 7.18. The van der Waals surface area contributed by atoms with Gasteiger partial charge in [-0.15, -0.1) is 11.3 Å². The van der Waals surface area contributed by atoms with Crippen LogP contribution in [0.3, 0.4) is 0 Å².